The van der Waals surface area contributed by atoms with Crippen LogP contribution < -0.4 is 19.1 Å². The van der Waals surface area contributed by atoms with Crippen molar-refractivity contribution in [1.29, 1.82) is 0 Å². The van der Waals surface area contributed by atoms with Crippen molar-refractivity contribution in [1.82, 2.24) is 4.31 Å². The summed E-state index contributed by atoms with van der Waals surface area (Å²) >= 11 is 0. The Bertz CT molecular complexity index is 979. The summed E-state index contributed by atoms with van der Waals surface area (Å²) in [5.74, 6) is 1.83. The molecule has 7 nitrogen and oxygen atoms in total. The highest BCUT2D eigenvalue weighted by Gasteiger charge is 2.30. The van der Waals surface area contributed by atoms with E-state index < -0.39 is 10.0 Å². The molecule has 0 unspecified atom stereocenters. The van der Waals surface area contributed by atoms with E-state index in [9.17, 15) is 8.42 Å². The highest BCUT2D eigenvalue weighted by molar-refractivity contribution is 7.89. The predicted molar refractivity (Wildman–Crippen MR) is 111 cm³/mol. The molecular weight excluding hydrogens is 392 g/mol. The van der Waals surface area contributed by atoms with Gasteiger partial charge in [0.15, 0.2) is 11.5 Å². The van der Waals surface area contributed by atoms with Crippen LogP contribution in [0.4, 0.5) is 5.69 Å². The summed E-state index contributed by atoms with van der Waals surface area (Å²) < 4.78 is 44.9. The van der Waals surface area contributed by atoms with Crippen molar-refractivity contribution in [2.45, 2.75) is 24.3 Å². The largest absolute Gasteiger partial charge is 0.490 e. The first-order valence-electron chi connectivity index (χ1n) is 9.85. The molecule has 0 aliphatic carbocycles. The third-order valence-electron chi connectivity index (χ3n) is 5.19. The fourth-order valence-corrected chi connectivity index (χ4v) is 4.86. The number of hydrogen-bond donors (Lipinski definition) is 0. The van der Waals surface area contributed by atoms with Crippen LogP contribution >= 0.6 is 0 Å². The minimum absolute atomic E-state index is 0.188. The number of fused-ring (bicyclic) bond motifs is 2. The van der Waals surface area contributed by atoms with E-state index >= 15 is 0 Å². The van der Waals surface area contributed by atoms with E-state index in [2.05, 4.69) is 11.8 Å². The van der Waals surface area contributed by atoms with E-state index in [1.807, 2.05) is 24.3 Å². The minimum Gasteiger partial charge on any atom is -0.490 e. The number of sulfonamides is 1. The molecule has 156 valence electrons. The van der Waals surface area contributed by atoms with Gasteiger partial charge in [0.1, 0.15) is 11.9 Å². The highest BCUT2D eigenvalue weighted by Crippen LogP contribution is 2.34. The molecule has 2 heterocycles. The molecular formula is C21H26N2O5S. The molecule has 0 aromatic heterocycles. The van der Waals surface area contributed by atoms with Crippen LogP contribution in [0.1, 0.15) is 13.3 Å². The van der Waals surface area contributed by atoms with Crippen LogP contribution in [0.15, 0.2) is 47.4 Å². The maximum absolute atomic E-state index is 13.1. The van der Waals surface area contributed by atoms with E-state index in [-0.39, 0.29) is 17.5 Å². The first-order valence-corrected chi connectivity index (χ1v) is 11.3. The van der Waals surface area contributed by atoms with Gasteiger partial charge in [0, 0.05) is 26.1 Å². The van der Waals surface area contributed by atoms with Gasteiger partial charge in [-0.15, -0.1) is 0 Å². The van der Waals surface area contributed by atoms with Gasteiger partial charge in [-0.3, -0.25) is 0 Å². The van der Waals surface area contributed by atoms with E-state index in [0.717, 1.165) is 24.4 Å². The van der Waals surface area contributed by atoms with Crippen molar-refractivity contribution < 1.29 is 22.6 Å². The first-order chi connectivity index (χ1) is 14.0. The first kappa shape index (κ1) is 19.8. The molecule has 0 N–H and O–H groups in total. The van der Waals surface area contributed by atoms with Crippen molar-refractivity contribution >= 4 is 15.7 Å². The van der Waals surface area contributed by atoms with Crippen molar-refractivity contribution in [3.63, 3.8) is 0 Å². The van der Waals surface area contributed by atoms with E-state index in [0.29, 0.717) is 31.3 Å². The molecule has 2 aliphatic rings. The summed E-state index contributed by atoms with van der Waals surface area (Å²) in [7, 11) is -2.10. The van der Waals surface area contributed by atoms with Crippen LogP contribution in [-0.2, 0) is 10.0 Å². The lowest BCUT2D eigenvalue weighted by Crippen LogP contribution is -2.46. The number of benzene rings is 2. The maximum Gasteiger partial charge on any atom is 0.243 e. The van der Waals surface area contributed by atoms with Gasteiger partial charge < -0.3 is 19.1 Å². The summed E-state index contributed by atoms with van der Waals surface area (Å²) in [6.45, 7) is 4.87. The van der Waals surface area contributed by atoms with Crippen LogP contribution in [0.3, 0.4) is 0 Å². The topological polar surface area (TPSA) is 68.3 Å². The Morgan fingerprint density at radius 3 is 2.62 bits per heavy atom. The number of hydrogen-bond acceptors (Lipinski definition) is 6. The van der Waals surface area contributed by atoms with Gasteiger partial charge in [-0.2, -0.15) is 4.31 Å². The monoisotopic (exact) mass is 418 g/mol. The lowest BCUT2D eigenvalue weighted by atomic mass is 10.2. The van der Waals surface area contributed by atoms with E-state index in [1.165, 1.54) is 4.31 Å². The number of anilines is 1. The zero-order valence-corrected chi connectivity index (χ0v) is 17.5. The average molecular weight is 419 g/mol. The Morgan fingerprint density at radius 2 is 1.83 bits per heavy atom. The van der Waals surface area contributed by atoms with Crippen LogP contribution in [0, 0.1) is 0 Å². The van der Waals surface area contributed by atoms with Gasteiger partial charge in [0.2, 0.25) is 10.0 Å². The molecule has 8 heteroatoms. The molecule has 2 aromatic carbocycles. The number of likely N-dealkylation sites (N-methyl/N-ethyl adjacent to an activating group) is 2. The lowest BCUT2D eigenvalue weighted by molar-refractivity contribution is 0.171. The SMILES string of the molecule is CCN1C[C@@H](CN(C)S(=O)(=O)c2ccc3c(c2)OCCCO3)Oc2ccccc21. The number of para-hydroxylation sites is 2. The van der Waals surface area contributed by atoms with E-state index in [4.69, 9.17) is 14.2 Å². The third kappa shape index (κ3) is 4.00. The quantitative estimate of drug-likeness (QED) is 0.744. The maximum atomic E-state index is 13.1. The van der Waals surface area contributed by atoms with Crippen molar-refractivity contribution in [2.75, 3.05) is 44.8 Å². The Labute approximate surface area is 171 Å². The molecule has 0 fully saturated rings. The van der Waals surface area contributed by atoms with Crippen molar-refractivity contribution in [2.24, 2.45) is 0 Å². The zero-order chi connectivity index (χ0) is 20.4. The molecule has 0 amide bonds. The lowest BCUT2D eigenvalue weighted by Gasteiger charge is -2.37. The van der Waals surface area contributed by atoms with E-state index in [1.54, 1.807) is 25.2 Å². The van der Waals surface area contributed by atoms with Crippen LogP contribution in [0.2, 0.25) is 0 Å². The summed E-state index contributed by atoms with van der Waals surface area (Å²) in [4.78, 5) is 2.39. The number of ether oxygens (including phenoxy) is 3. The average Bonchev–Trinajstić information content (AvgIpc) is 2.97. The van der Waals surface area contributed by atoms with Crippen LogP contribution in [0.5, 0.6) is 17.2 Å². The molecule has 29 heavy (non-hydrogen) atoms. The third-order valence-corrected chi connectivity index (χ3v) is 7.01. The molecule has 2 aliphatic heterocycles. The Balaban J connectivity index is 1.52. The van der Waals surface area contributed by atoms with Crippen molar-refractivity contribution in [3.05, 3.63) is 42.5 Å². The van der Waals surface area contributed by atoms with Gasteiger partial charge in [-0.25, -0.2) is 8.42 Å². The summed E-state index contributed by atoms with van der Waals surface area (Å²) in [5.41, 5.74) is 1.04. The molecule has 0 bridgehead atoms. The second-order valence-corrected chi connectivity index (χ2v) is 9.24. The van der Waals surface area contributed by atoms with Gasteiger partial charge in [0.05, 0.1) is 36.9 Å². The summed E-state index contributed by atoms with van der Waals surface area (Å²) in [6, 6.07) is 12.6. The van der Waals surface area contributed by atoms with Crippen molar-refractivity contribution in [3.8, 4) is 17.2 Å². The number of rotatable bonds is 5. The smallest absolute Gasteiger partial charge is 0.243 e. The Morgan fingerprint density at radius 1 is 1.07 bits per heavy atom. The zero-order valence-electron chi connectivity index (χ0n) is 16.7. The van der Waals surface area contributed by atoms with Gasteiger partial charge in [0.25, 0.3) is 0 Å². The normalized spacial score (nSPS) is 18.7. The summed E-state index contributed by atoms with van der Waals surface area (Å²) in [6.07, 6.45) is 0.510. The predicted octanol–water partition coefficient (Wildman–Crippen LogP) is 2.76. The Kier molecular flexibility index (Phi) is 5.56. The molecule has 0 saturated carbocycles. The molecule has 0 saturated heterocycles. The van der Waals surface area contributed by atoms with Crippen LogP contribution in [-0.4, -0.2) is 58.7 Å². The Hall–Kier alpha value is -2.45. The molecule has 4 rings (SSSR count). The molecule has 0 radical (unpaired) electrons. The summed E-state index contributed by atoms with van der Waals surface area (Å²) in [5, 5.41) is 0. The molecule has 1 atom stereocenters. The highest BCUT2D eigenvalue weighted by atomic mass is 32.2. The number of nitrogens with zero attached hydrogens (tertiary/aromatic N) is 2. The second kappa shape index (κ2) is 8.12. The van der Waals surface area contributed by atoms with Gasteiger partial charge >= 0.3 is 0 Å². The standard InChI is InChI=1S/C21H26N2O5S/c1-3-23-15-16(28-19-8-5-4-7-18(19)23)14-22(2)29(24,25)17-9-10-20-21(13-17)27-12-6-11-26-20/h4-5,7-10,13,16H,3,6,11-12,14-15H2,1-2H3/t16-/m1/s1. The van der Waals surface area contributed by atoms with Crippen LogP contribution in [0.25, 0.3) is 0 Å². The second-order valence-electron chi connectivity index (χ2n) is 7.19. The molecule has 2 aromatic rings. The minimum atomic E-state index is -3.69. The fraction of sp³-hybridized carbons (Fsp3) is 0.429. The van der Waals surface area contributed by atoms with Gasteiger partial charge in [-0.1, -0.05) is 12.1 Å². The fourth-order valence-electron chi connectivity index (χ4n) is 3.64. The molecule has 0 spiro atoms. The van der Waals surface area contributed by atoms with Gasteiger partial charge in [-0.05, 0) is 31.2 Å².